The highest BCUT2D eigenvalue weighted by Crippen LogP contribution is 2.32. The van der Waals surface area contributed by atoms with E-state index in [1.807, 2.05) is 34.3 Å². The van der Waals surface area contributed by atoms with E-state index < -0.39 is 0 Å². The van der Waals surface area contributed by atoms with Crippen LogP contribution in [0.5, 0.6) is 0 Å². The third-order valence-corrected chi connectivity index (χ3v) is 5.58. The molecule has 1 aromatic carbocycles. The van der Waals surface area contributed by atoms with Crippen molar-refractivity contribution in [1.82, 2.24) is 19.7 Å². The van der Waals surface area contributed by atoms with Gasteiger partial charge in [-0.05, 0) is 52.1 Å². The molecule has 0 saturated heterocycles. The van der Waals surface area contributed by atoms with Gasteiger partial charge in [0.2, 0.25) is 0 Å². The van der Waals surface area contributed by atoms with Crippen molar-refractivity contribution in [2.75, 3.05) is 32.1 Å². The molecule has 0 unspecified atom stereocenters. The predicted molar refractivity (Wildman–Crippen MR) is 107 cm³/mol. The molecular formula is C19H25N5OS. The SMILES string of the molecule is Cc1cn(C)nc1C(=O)N(CCN(C)C)c1nc2c(C)c(C)ccc2s1. The Balaban J connectivity index is 2.05. The van der Waals surface area contributed by atoms with Gasteiger partial charge in [0.15, 0.2) is 10.8 Å². The van der Waals surface area contributed by atoms with Gasteiger partial charge in [-0.25, -0.2) is 4.98 Å². The van der Waals surface area contributed by atoms with Crippen LogP contribution in [0.25, 0.3) is 10.2 Å². The lowest BCUT2D eigenvalue weighted by Crippen LogP contribution is -2.37. The molecule has 0 aliphatic heterocycles. The lowest BCUT2D eigenvalue weighted by atomic mass is 10.1. The Morgan fingerprint density at radius 2 is 1.88 bits per heavy atom. The lowest BCUT2D eigenvalue weighted by molar-refractivity contribution is 0.0979. The van der Waals surface area contributed by atoms with Crippen molar-refractivity contribution in [1.29, 1.82) is 0 Å². The zero-order valence-electron chi connectivity index (χ0n) is 16.2. The number of aryl methyl sites for hydroxylation is 4. The van der Waals surface area contributed by atoms with Crippen molar-refractivity contribution in [2.24, 2.45) is 7.05 Å². The van der Waals surface area contributed by atoms with E-state index in [1.165, 1.54) is 11.1 Å². The number of rotatable bonds is 5. The molecule has 2 heterocycles. The van der Waals surface area contributed by atoms with Gasteiger partial charge in [0.25, 0.3) is 5.91 Å². The number of hydrogen-bond acceptors (Lipinski definition) is 5. The fraction of sp³-hybridized carbons (Fsp3) is 0.421. The number of fused-ring (bicyclic) bond motifs is 1. The van der Waals surface area contributed by atoms with E-state index >= 15 is 0 Å². The number of aromatic nitrogens is 3. The van der Waals surface area contributed by atoms with Gasteiger partial charge in [-0.15, -0.1) is 0 Å². The predicted octanol–water partition coefficient (Wildman–Crippen LogP) is 3.16. The molecule has 138 valence electrons. The highest BCUT2D eigenvalue weighted by molar-refractivity contribution is 7.22. The molecule has 3 rings (SSSR count). The van der Waals surface area contributed by atoms with Crippen LogP contribution in [0.15, 0.2) is 18.3 Å². The molecule has 0 radical (unpaired) electrons. The summed E-state index contributed by atoms with van der Waals surface area (Å²) in [6.45, 7) is 7.40. The standard InChI is InChI=1S/C19H25N5OS/c1-12-7-8-15-17(14(12)3)20-19(26-15)24(10-9-22(4)5)18(25)16-13(2)11-23(6)21-16/h7-8,11H,9-10H2,1-6H3. The summed E-state index contributed by atoms with van der Waals surface area (Å²) in [7, 11) is 5.83. The second kappa shape index (κ2) is 7.17. The van der Waals surface area contributed by atoms with Crippen molar-refractivity contribution in [3.8, 4) is 0 Å². The molecule has 0 fully saturated rings. The minimum Gasteiger partial charge on any atom is -0.308 e. The molecule has 2 aromatic heterocycles. The number of amides is 1. The zero-order valence-corrected chi connectivity index (χ0v) is 17.0. The summed E-state index contributed by atoms with van der Waals surface area (Å²) in [5.74, 6) is -0.0987. The molecule has 0 atom stereocenters. The molecule has 0 saturated carbocycles. The molecular weight excluding hydrogens is 346 g/mol. The number of carbonyl (C=O) groups excluding carboxylic acids is 1. The number of benzene rings is 1. The normalized spacial score (nSPS) is 11.5. The Kier molecular flexibility index (Phi) is 5.11. The minimum absolute atomic E-state index is 0.0987. The summed E-state index contributed by atoms with van der Waals surface area (Å²) in [6, 6.07) is 4.19. The van der Waals surface area contributed by atoms with Gasteiger partial charge in [-0.1, -0.05) is 17.4 Å². The molecule has 6 nitrogen and oxygen atoms in total. The highest BCUT2D eigenvalue weighted by Gasteiger charge is 2.25. The maximum absolute atomic E-state index is 13.2. The molecule has 0 spiro atoms. The average molecular weight is 372 g/mol. The average Bonchev–Trinajstić information content (AvgIpc) is 3.14. The van der Waals surface area contributed by atoms with Crippen LogP contribution in [-0.2, 0) is 7.05 Å². The monoisotopic (exact) mass is 371 g/mol. The smallest absolute Gasteiger partial charge is 0.280 e. The summed E-state index contributed by atoms with van der Waals surface area (Å²) >= 11 is 1.56. The van der Waals surface area contributed by atoms with Crippen LogP contribution >= 0.6 is 11.3 Å². The van der Waals surface area contributed by atoms with E-state index in [-0.39, 0.29) is 5.91 Å². The summed E-state index contributed by atoms with van der Waals surface area (Å²) < 4.78 is 2.78. The van der Waals surface area contributed by atoms with Crippen molar-refractivity contribution in [2.45, 2.75) is 20.8 Å². The van der Waals surface area contributed by atoms with E-state index in [0.29, 0.717) is 12.2 Å². The van der Waals surface area contributed by atoms with Crippen LogP contribution in [0.4, 0.5) is 5.13 Å². The van der Waals surface area contributed by atoms with Gasteiger partial charge >= 0.3 is 0 Å². The van der Waals surface area contributed by atoms with Crippen LogP contribution in [-0.4, -0.2) is 52.8 Å². The minimum atomic E-state index is -0.0987. The lowest BCUT2D eigenvalue weighted by Gasteiger charge is -2.21. The van der Waals surface area contributed by atoms with Gasteiger partial charge in [-0.3, -0.25) is 14.4 Å². The Bertz CT molecular complexity index is 956. The second-order valence-electron chi connectivity index (χ2n) is 6.95. The second-order valence-corrected chi connectivity index (χ2v) is 7.95. The van der Waals surface area contributed by atoms with Crippen molar-refractivity contribution in [3.05, 3.63) is 40.7 Å². The molecule has 1 amide bonds. The van der Waals surface area contributed by atoms with Gasteiger partial charge in [0, 0.05) is 31.9 Å². The van der Waals surface area contributed by atoms with Crippen molar-refractivity contribution in [3.63, 3.8) is 0 Å². The fourth-order valence-electron chi connectivity index (χ4n) is 2.86. The van der Waals surface area contributed by atoms with Crippen LogP contribution in [0.3, 0.4) is 0 Å². The third kappa shape index (κ3) is 3.50. The molecule has 0 aliphatic rings. The van der Waals surface area contributed by atoms with Gasteiger partial charge in [-0.2, -0.15) is 5.10 Å². The Hall–Kier alpha value is -2.25. The Labute approximate surface area is 158 Å². The van der Waals surface area contributed by atoms with Crippen molar-refractivity contribution >= 4 is 32.6 Å². The molecule has 26 heavy (non-hydrogen) atoms. The molecule has 7 heteroatoms. The number of carbonyl (C=O) groups is 1. The third-order valence-electron chi connectivity index (χ3n) is 4.53. The molecule has 0 bridgehead atoms. The maximum atomic E-state index is 13.2. The first-order chi connectivity index (χ1) is 12.3. The summed E-state index contributed by atoms with van der Waals surface area (Å²) in [5, 5.41) is 5.09. The van der Waals surface area contributed by atoms with E-state index in [0.717, 1.165) is 27.5 Å². The van der Waals surface area contributed by atoms with Gasteiger partial charge < -0.3 is 4.90 Å². The number of thiazole rings is 1. The number of likely N-dealkylation sites (N-methyl/N-ethyl adjacent to an activating group) is 1. The molecule has 3 aromatic rings. The van der Waals surface area contributed by atoms with Crippen LogP contribution < -0.4 is 4.90 Å². The first kappa shape index (κ1) is 18.5. The van der Waals surface area contributed by atoms with E-state index in [1.54, 1.807) is 20.9 Å². The molecule has 0 aliphatic carbocycles. The first-order valence-corrected chi connectivity index (χ1v) is 9.43. The van der Waals surface area contributed by atoms with E-state index in [2.05, 4.69) is 36.0 Å². The fourth-order valence-corrected chi connectivity index (χ4v) is 3.91. The summed E-state index contributed by atoms with van der Waals surface area (Å²) in [4.78, 5) is 21.8. The molecule has 0 N–H and O–H groups in total. The van der Waals surface area contributed by atoms with Crippen molar-refractivity contribution < 1.29 is 4.79 Å². The van der Waals surface area contributed by atoms with Crippen LogP contribution in [0, 0.1) is 20.8 Å². The summed E-state index contributed by atoms with van der Waals surface area (Å²) in [6.07, 6.45) is 1.86. The highest BCUT2D eigenvalue weighted by atomic mass is 32.1. The van der Waals surface area contributed by atoms with E-state index in [9.17, 15) is 4.79 Å². The van der Waals surface area contributed by atoms with Gasteiger partial charge in [0.05, 0.1) is 10.2 Å². The van der Waals surface area contributed by atoms with E-state index in [4.69, 9.17) is 4.98 Å². The van der Waals surface area contributed by atoms with Crippen LogP contribution in [0.1, 0.15) is 27.2 Å². The number of nitrogens with zero attached hydrogens (tertiary/aromatic N) is 5. The first-order valence-electron chi connectivity index (χ1n) is 8.61. The Morgan fingerprint density at radius 3 is 2.50 bits per heavy atom. The summed E-state index contributed by atoms with van der Waals surface area (Å²) in [5.41, 5.74) is 4.71. The largest absolute Gasteiger partial charge is 0.308 e. The number of anilines is 1. The Morgan fingerprint density at radius 1 is 1.15 bits per heavy atom. The quantitative estimate of drug-likeness (QED) is 0.691. The maximum Gasteiger partial charge on any atom is 0.280 e. The topological polar surface area (TPSA) is 54.3 Å². The van der Waals surface area contributed by atoms with Crippen LogP contribution in [0.2, 0.25) is 0 Å². The zero-order chi connectivity index (χ0) is 19.0. The van der Waals surface area contributed by atoms with Gasteiger partial charge in [0.1, 0.15) is 0 Å². The number of hydrogen-bond donors (Lipinski definition) is 0.